The van der Waals surface area contributed by atoms with Crippen molar-refractivity contribution in [1.82, 2.24) is 14.7 Å². The first kappa shape index (κ1) is 24.5. The molecule has 0 radical (unpaired) electrons. The Bertz CT molecular complexity index is 1370. The zero-order valence-electron chi connectivity index (χ0n) is 18.9. The van der Waals surface area contributed by atoms with E-state index in [2.05, 4.69) is 5.10 Å². The number of hydrogen-bond acceptors (Lipinski definition) is 5. The van der Waals surface area contributed by atoms with E-state index in [1.807, 2.05) is 6.07 Å². The summed E-state index contributed by atoms with van der Waals surface area (Å²) in [6.45, 7) is 3.16. The summed E-state index contributed by atoms with van der Waals surface area (Å²) in [7, 11) is 0. The number of aromatic nitrogens is 2. The van der Waals surface area contributed by atoms with Gasteiger partial charge < -0.3 is 21.5 Å². The van der Waals surface area contributed by atoms with Crippen LogP contribution in [0.25, 0.3) is 11.3 Å². The highest BCUT2D eigenvalue weighted by Crippen LogP contribution is 2.43. The molecule has 4 rings (SSSR count). The van der Waals surface area contributed by atoms with Crippen LogP contribution in [-0.2, 0) is 0 Å². The number of carbonyl (C=O) groups is 2. The fraction of sp³-hybridized carbons (Fsp3) is 0.250. The first-order valence-electron chi connectivity index (χ1n) is 10.6. The van der Waals surface area contributed by atoms with E-state index in [4.69, 9.17) is 34.7 Å². The van der Waals surface area contributed by atoms with Crippen LogP contribution in [0.15, 0.2) is 42.5 Å². The summed E-state index contributed by atoms with van der Waals surface area (Å²) >= 11 is 12.3. The van der Waals surface area contributed by atoms with Gasteiger partial charge in [0.25, 0.3) is 5.91 Å². The molecular weight excluding hydrogens is 491 g/mol. The molecule has 2 atom stereocenters. The summed E-state index contributed by atoms with van der Waals surface area (Å²) in [6.07, 6.45) is 0. The van der Waals surface area contributed by atoms with Crippen molar-refractivity contribution in [2.24, 2.45) is 11.5 Å². The first-order valence-corrected chi connectivity index (χ1v) is 11.4. The molecule has 9 nitrogen and oxygen atoms in total. The van der Waals surface area contributed by atoms with E-state index in [0.717, 1.165) is 0 Å². The van der Waals surface area contributed by atoms with Gasteiger partial charge in [0.15, 0.2) is 0 Å². The lowest BCUT2D eigenvalue weighted by atomic mass is 9.89. The predicted octanol–water partition coefficient (Wildman–Crippen LogP) is 3.62. The van der Waals surface area contributed by atoms with Crippen LogP contribution >= 0.6 is 23.2 Å². The molecule has 2 aromatic carbocycles. The first-order chi connectivity index (χ1) is 16.4. The number of hydrogen-bond donors (Lipinski definition) is 3. The van der Waals surface area contributed by atoms with Crippen LogP contribution in [0.5, 0.6) is 0 Å². The number of nitrogens with zero attached hydrogens (tertiary/aromatic N) is 4. The number of aliphatic hydroxyl groups is 1. The van der Waals surface area contributed by atoms with Crippen molar-refractivity contribution in [3.63, 3.8) is 0 Å². The van der Waals surface area contributed by atoms with Gasteiger partial charge in [-0.1, -0.05) is 41.4 Å². The molecule has 3 amide bonds. The van der Waals surface area contributed by atoms with Crippen LogP contribution < -0.4 is 11.5 Å². The Balaban J connectivity index is 2.07. The summed E-state index contributed by atoms with van der Waals surface area (Å²) in [4.78, 5) is 26.8. The highest BCUT2D eigenvalue weighted by molar-refractivity contribution is 6.42. The minimum Gasteiger partial charge on any atom is -0.388 e. The molecule has 0 saturated carbocycles. The van der Waals surface area contributed by atoms with E-state index in [9.17, 15) is 20.0 Å². The molecule has 1 aliphatic heterocycles. The zero-order chi connectivity index (χ0) is 25.7. The minimum atomic E-state index is -1.35. The Morgan fingerprint density at radius 3 is 2.31 bits per heavy atom. The van der Waals surface area contributed by atoms with Gasteiger partial charge in [0.05, 0.1) is 44.6 Å². The number of fused-ring (bicyclic) bond motifs is 1. The molecule has 5 N–H and O–H groups in total. The second-order valence-corrected chi connectivity index (χ2v) is 9.66. The second kappa shape index (κ2) is 8.89. The van der Waals surface area contributed by atoms with Crippen LogP contribution in [0.3, 0.4) is 0 Å². The van der Waals surface area contributed by atoms with E-state index in [1.54, 1.807) is 56.3 Å². The molecule has 0 saturated heterocycles. The third-order valence-electron chi connectivity index (χ3n) is 6.08. The smallest absolute Gasteiger partial charge is 0.315 e. The molecule has 0 bridgehead atoms. The molecule has 2 heterocycles. The molecule has 0 spiro atoms. The zero-order valence-corrected chi connectivity index (χ0v) is 20.4. The molecule has 180 valence electrons. The monoisotopic (exact) mass is 512 g/mol. The van der Waals surface area contributed by atoms with Gasteiger partial charge >= 0.3 is 6.03 Å². The van der Waals surface area contributed by atoms with Crippen LogP contribution in [0.2, 0.25) is 10.0 Å². The third-order valence-corrected chi connectivity index (χ3v) is 6.82. The maximum atomic E-state index is 12.9. The van der Waals surface area contributed by atoms with Crippen molar-refractivity contribution in [2.75, 3.05) is 6.54 Å². The van der Waals surface area contributed by atoms with Crippen molar-refractivity contribution >= 4 is 35.1 Å². The molecule has 3 aromatic rings. The molecular formula is C24H22Cl2N6O3. The summed E-state index contributed by atoms with van der Waals surface area (Å²) < 4.78 is 1.53. The van der Waals surface area contributed by atoms with Crippen LogP contribution in [0.4, 0.5) is 4.79 Å². The molecule has 11 heteroatoms. The Hall–Kier alpha value is -3.58. The van der Waals surface area contributed by atoms with Gasteiger partial charge in [0, 0.05) is 12.1 Å². The summed E-state index contributed by atoms with van der Waals surface area (Å²) in [5, 5.41) is 25.4. The average molecular weight is 513 g/mol. The number of nitriles is 1. The quantitative estimate of drug-likeness (QED) is 0.487. The molecule has 0 aliphatic carbocycles. The second-order valence-electron chi connectivity index (χ2n) is 8.84. The topological polar surface area (TPSA) is 151 Å². The highest BCUT2D eigenvalue weighted by atomic mass is 35.5. The van der Waals surface area contributed by atoms with Crippen LogP contribution in [0.1, 0.15) is 53.1 Å². The largest absolute Gasteiger partial charge is 0.388 e. The SMILES string of the molecule is CC(C)(O)C1CN(C(N)=O)C(c2ccc(C#N)cc2)c2c(C(N)=O)c(-c3ccc(Cl)c(Cl)c3)nn21. The maximum Gasteiger partial charge on any atom is 0.315 e. The van der Waals surface area contributed by atoms with E-state index in [0.29, 0.717) is 27.4 Å². The standard InChI is InChI=1S/C24H22Cl2N6O3/c1-24(2,35)17-11-31(23(29)34)20(13-5-3-12(10-27)4-6-13)21-18(22(28)33)19(30-32(17)21)14-7-8-15(25)16(26)9-14/h3-9,17,20,35H,11H2,1-2H3,(H2,28,33)(H2,29,34). The fourth-order valence-corrected chi connectivity index (χ4v) is 4.67. The van der Waals surface area contributed by atoms with E-state index in [-0.39, 0.29) is 22.8 Å². The lowest BCUT2D eigenvalue weighted by molar-refractivity contribution is -0.00826. The summed E-state index contributed by atoms with van der Waals surface area (Å²) in [6, 6.07) is 11.0. The van der Waals surface area contributed by atoms with Crippen LogP contribution in [0, 0.1) is 11.3 Å². The van der Waals surface area contributed by atoms with Gasteiger partial charge in [-0.05, 0) is 43.7 Å². The van der Waals surface area contributed by atoms with Gasteiger partial charge in [-0.15, -0.1) is 0 Å². The maximum absolute atomic E-state index is 12.9. The van der Waals surface area contributed by atoms with Crippen molar-refractivity contribution in [3.05, 3.63) is 74.9 Å². The lowest BCUT2D eigenvalue weighted by Gasteiger charge is -2.43. The Kier molecular flexibility index (Phi) is 6.23. The number of nitrogens with two attached hydrogens (primary N) is 2. The van der Waals surface area contributed by atoms with E-state index < -0.39 is 29.6 Å². The number of halogens is 2. The Morgan fingerprint density at radius 2 is 1.80 bits per heavy atom. The van der Waals surface area contributed by atoms with Crippen LogP contribution in [-0.4, -0.2) is 43.9 Å². The van der Waals surface area contributed by atoms with Crippen molar-refractivity contribution < 1.29 is 14.7 Å². The third kappa shape index (κ3) is 4.32. The van der Waals surface area contributed by atoms with Crippen molar-refractivity contribution in [1.29, 1.82) is 5.26 Å². The number of rotatable bonds is 4. The number of carbonyl (C=O) groups excluding carboxylic acids is 2. The number of amides is 3. The lowest BCUT2D eigenvalue weighted by Crippen LogP contribution is -2.52. The van der Waals surface area contributed by atoms with E-state index >= 15 is 0 Å². The highest BCUT2D eigenvalue weighted by Gasteiger charge is 2.45. The molecule has 0 fully saturated rings. The average Bonchev–Trinajstić information content (AvgIpc) is 3.19. The van der Waals surface area contributed by atoms with Gasteiger partial charge in [0.2, 0.25) is 0 Å². The van der Waals surface area contributed by atoms with Gasteiger partial charge in [-0.25, -0.2) is 4.79 Å². The van der Waals surface area contributed by atoms with E-state index in [1.165, 1.54) is 9.58 Å². The minimum absolute atomic E-state index is 0.0111. The number of urea groups is 1. The molecule has 35 heavy (non-hydrogen) atoms. The van der Waals surface area contributed by atoms with Crippen molar-refractivity contribution in [2.45, 2.75) is 31.5 Å². The predicted molar refractivity (Wildman–Crippen MR) is 131 cm³/mol. The number of benzene rings is 2. The summed E-state index contributed by atoms with van der Waals surface area (Å²) in [5.74, 6) is -0.785. The molecule has 1 aromatic heterocycles. The molecule has 2 unspecified atom stereocenters. The normalized spacial score (nSPS) is 17.5. The number of primary amides is 2. The molecule has 1 aliphatic rings. The van der Waals surface area contributed by atoms with Gasteiger partial charge in [0.1, 0.15) is 11.7 Å². The van der Waals surface area contributed by atoms with Gasteiger partial charge in [-0.3, -0.25) is 9.48 Å². The van der Waals surface area contributed by atoms with Crippen molar-refractivity contribution in [3.8, 4) is 17.3 Å². The Morgan fingerprint density at radius 1 is 1.14 bits per heavy atom. The fourth-order valence-electron chi connectivity index (χ4n) is 4.37. The van der Waals surface area contributed by atoms with Gasteiger partial charge in [-0.2, -0.15) is 10.4 Å². The summed E-state index contributed by atoms with van der Waals surface area (Å²) in [5.41, 5.74) is 12.3. The Labute approximate surface area is 211 Å².